The molecule has 0 aromatic carbocycles. The van der Waals surface area contributed by atoms with Crippen LogP contribution >= 0.6 is 11.6 Å². The molecule has 1 aliphatic heterocycles. The Bertz CT molecular complexity index is 461. The Morgan fingerprint density at radius 3 is 3.05 bits per heavy atom. The van der Waals surface area contributed by atoms with Crippen molar-refractivity contribution in [1.82, 2.24) is 9.88 Å². The fourth-order valence-corrected chi connectivity index (χ4v) is 2.35. The van der Waals surface area contributed by atoms with Gasteiger partial charge in [-0.2, -0.15) is 0 Å². The van der Waals surface area contributed by atoms with Gasteiger partial charge in [0, 0.05) is 32.8 Å². The highest BCUT2D eigenvalue weighted by Crippen LogP contribution is 2.17. The first-order valence-corrected chi connectivity index (χ1v) is 6.70. The van der Waals surface area contributed by atoms with Gasteiger partial charge in [0.2, 0.25) is 0 Å². The van der Waals surface area contributed by atoms with Gasteiger partial charge in [0.1, 0.15) is 11.0 Å². The average molecular weight is 284 g/mol. The molecule has 104 valence electrons. The molecule has 0 radical (unpaired) electrons. The molecule has 2 rings (SSSR count). The van der Waals surface area contributed by atoms with Crippen molar-refractivity contribution in [3.63, 3.8) is 0 Å². The zero-order valence-corrected chi connectivity index (χ0v) is 11.9. The molecule has 1 amide bonds. The monoisotopic (exact) mass is 283 g/mol. The molecule has 1 aliphatic rings. The number of amides is 1. The minimum Gasteiger partial charge on any atom is -0.376 e. The average Bonchev–Trinajstić information content (AvgIpc) is 2.89. The molecule has 0 saturated carbocycles. The second-order valence-electron chi connectivity index (χ2n) is 4.63. The summed E-state index contributed by atoms with van der Waals surface area (Å²) in [4.78, 5) is 18.0. The first kappa shape index (κ1) is 14.1. The molecule has 5 nitrogen and oxygen atoms in total. The Morgan fingerprint density at radius 2 is 2.42 bits per heavy atom. The standard InChI is InChI=1S/C13H18ClN3O2/c1-15-12-7-9(6-11(14)16-12)13(18)17(2)8-10-4-3-5-19-10/h6-7,10H,3-5,8H2,1-2H3,(H,15,16). The van der Waals surface area contributed by atoms with E-state index < -0.39 is 0 Å². The molecule has 1 saturated heterocycles. The molecule has 1 atom stereocenters. The van der Waals surface area contributed by atoms with E-state index >= 15 is 0 Å². The lowest BCUT2D eigenvalue weighted by atomic mass is 10.2. The molecule has 2 heterocycles. The van der Waals surface area contributed by atoms with Crippen LogP contribution in [0.15, 0.2) is 12.1 Å². The lowest BCUT2D eigenvalue weighted by Gasteiger charge is -2.21. The van der Waals surface area contributed by atoms with Crippen molar-refractivity contribution in [2.24, 2.45) is 0 Å². The molecule has 0 bridgehead atoms. The number of carbonyl (C=O) groups is 1. The van der Waals surface area contributed by atoms with Crippen LogP contribution in [0.25, 0.3) is 0 Å². The van der Waals surface area contributed by atoms with Gasteiger partial charge >= 0.3 is 0 Å². The van der Waals surface area contributed by atoms with Crippen molar-refractivity contribution in [3.05, 3.63) is 22.8 Å². The second-order valence-corrected chi connectivity index (χ2v) is 5.02. The molecular weight excluding hydrogens is 266 g/mol. The quantitative estimate of drug-likeness (QED) is 0.859. The number of hydrogen-bond donors (Lipinski definition) is 1. The van der Waals surface area contributed by atoms with E-state index in [4.69, 9.17) is 16.3 Å². The molecule has 19 heavy (non-hydrogen) atoms. The van der Waals surface area contributed by atoms with Gasteiger partial charge < -0.3 is 15.0 Å². The number of nitrogens with one attached hydrogen (secondary N) is 1. The lowest BCUT2D eigenvalue weighted by molar-refractivity contribution is 0.0587. The van der Waals surface area contributed by atoms with E-state index in [1.54, 1.807) is 31.1 Å². The third-order valence-corrected chi connectivity index (χ3v) is 3.34. The highest BCUT2D eigenvalue weighted by atomic mass is 35.5. The van der Waals surface area contributed by atoms with Gasteiger partial charge in [-0.05, 0) is 25.0 Å². The van der Waals surface area contributed by atoms with Crippen molar-refractivity contribution >= 4 is 23.3 Å². The molecule has 1 fully saturated rings. The summed E-state index contributed by atoms with van der Waals surface area (Å²) >= 11 is 5.90. The number of rotatable bonds is 4. The van der Waals surface area contributed by atoms with Crippen LogP contribution in [0.4, 0.5) is 5.82 Å². The summed E-state index contributed by atoms with van der Waals surface area (Å²) in [6.45, 7) is 1.39. The molecular formula is C13H18ClN3O2. The highest BCUT2D eigenvalue weighted by molar-refractivity contribution is 6.29. The predicted molar refractivity (Wildman–Crippen MR) is 74.7 cm³/mol. The topological polar surface area (TPSA) is 54.5 Å². The number of halogens is 1. The third kappa shape index (κ3) is 3.58. The first-order valence-electron chi connectivity index (χ1n) is 6.32. The van der Waals surface area contributed by atoms with E-state index in [9.17, 15) is 4.79 Å². The first-order chi connectivity index (χ1) is 9.10. The van der Waals surface area contributed by atoms with Crippen LogP contribution in [0.3, 0.4) is 0 Å². The van der Waals surface area contributed by atoms with Crippen LogP contribution in [0.1, 0.15) is 23.2 Å². The molecule has 0 aliphatic carbocycles. The number of carbonyl (C=O) groups excluding carboxylic acids is 1. The fraction of sp³-hybridized carbons (Fsp3) is 0.538. The summed E-state index contributed by atoms with van der Waals surface area (Å²) in [5.41, 5.74) is 0.532. The number of pyridine rings is 1. The van der Waals surface area contributed by atoms with Gasteiger partial charge in [0.25, 0.3) is 5.91 Å². The van der Waals surface area contributed by atoms with Crippen molar-refractivity contribution in [2.75, 3.05) is 32.6 Å². The van der Waals surface area contributed by atoms with Crippen LogP contribution in [-0.4, -0.2) is 49.1 Å². The summed E-state index contributed by atoms with van der Waals surface area (Å²) in [5.74, 6) is 0.512. The number of likely N-dealkylation sites (N-methyl/N-ethyl adjacent to an activating group) is 1. The van der Waals surface area contributed by atoms with Crippen molar-refractivity contribution in [3.8, 4) is 0 Å². The van der Waals surface area contributed by atoms with E-state index in [1.165, 1.54) is 0 Å². The Morgan fingerprint density at radius 1 is 1.63 bits per heavy atom. The smallest absolute Gasteiger partial charge is 0.253 e. The summed E-state index contributed by atoms with van der Waals surface area (Å²) in [7, 11) is 3.51. The van der Waals surface area contributed by atoms with Gasteiger partial charge in [0.05, 0.1) is 6.10 Å². The molecule has 1 N–H and O–H groups in total. The normalized spacial score (nSPS) is 18.4. The Hall–Kier alpha value is -1.33. The third-order valence-electron chi connectivity index (χ3n) is 3.15. The SMILES string of the molecule is CNc1cc(C(=O)N(C)CC2CCCO2)cc(Cl)n1. The predicted octanol–water partition coefficient (Wildman–Crippen LogP) is 2.03. The van der Waals surface area contributed by atoms with Gasteiger partial charge in [0.15, 0.2) is 0 Å². The van der Waals surface area contributed by atoms with Crippen LogP contribution in [0.2, 0.25) is 5.15 Å². The van der Waals surface area contributed by atoms with E-state index in [1.807, 2.05) is 0 Å². The maximum absolute atomic E-state index is 12.3. The number of ether oxygens (including phenoxy) is 1. The van der Waals surface area contributed by atoms with Crippen molar-refractivity contribution in [2.45, 2.75) is 18.9 Å². The van der Waals surface area contributed by atoms with E-state index in [0.717, 1.165) is 19.4 Å². The maximum atomic E-state index is 12.3. The van der Waals surface area contributed by atoms with E-state index in [2.05, 4.69) is 10.3 Å². The zero-order valence-electron chi connectivity index (χ0n) is 11.1. The van der Waals surface area contributed by atoms with E-state index in [0.29, 0.717) is 23.1 Å². The Kier molecular flexibility index (Phi) is 4.61. The summed E-state index contributed by atoms with van der Waals surface area (Å²) < 4.78 is 5.53. The summed E-state index contributed by atoms with van der Waals surface area (Å²) in [6, 6.07) is 3.27. The summed E-state index contributed by atoms with van der Waals surface area (Å²) in [5, 5.41) is 3.19. The van der Waals surface area contributed by atoms with E-state index in [-0.39, 0.29) is 12.0 Å². The Balaban J connectivity index is 2.07. The van der Waals surface area contributed by atoms with Gasteiger partial charge in [-0.3, -0.25) is 4.79 Å². The molecule has 6 heteroatoms. The minimum atomic E-state index is -0.0729. The van der Waals surface area contributed by atoms with Crippen molar-refractivity contribution in [1.29, 1.82) is 0 Å². The van der Waals surface area contributed by atoms with Crippen LogP contribution < -0.4 is 5.32 Å². The molecule has 1 aromatic heterocycles. The number of hydrogen-bond acceptors (Lipinski definition) is 4. The molecule has 1 unspecified atom stereocenters. The van der Waals surface area contributed by atoms with Gasteiger partial charge in [-0.15, -0.1) is 0 Å². The van der Waals surface area contributed by atoms with Crippen LogP contribution in [0, 0.1) is 0 Å². The minimum absolute atomic E-state index is 0.0729. The number of nitrogens with zero attached hydrogens (tertiary/aromatic N) is 2. The Labute approximate surface area is 117 Å². The zero-order chi connectivity index (χ0) is 13.8. The largest absolute Gasteiger partial charge is 0.376 e. The lowest BCUT2D eigenvalue weighted by Crippen LogP contribution is -2.34. The fourth-order valence-electron chi connectivity index (χ4n) is 2.15. The van der Waals surface area contributed by atoms with Gasteiger partial charge in [-0.25, -0.2) is 4.98 Å². The second kappa shape index (κ2) is 6.21. The molecule has 0 spiro atoms. The summed E-state index contributed by atoms with van der Waals surface area (Å²) in [6.07, 6.45) is 2.23. The van der Waals surface area contributed by atoms with Gasteiger partial charge in [-0.1, -0.05) is 11.6 Å². The maximum Gasteiger partial charge on any atom is 0.253 e. The highest BCUT2D eigenvalue weighted by Gasteiger charge is 2.21. The van der Waals surface area contributed by atoms with Crippen LogP contribution in [-0.2, 0) is 4.74 Å². The number of aromatic nitrogens is 1. The van der Waals surface area contributed by atoms with Crippen LogP contribution in [0.5, 0.6) is 0 Å². The number of anilines is 1. The molecule has 1 aromatic rings. The van der Waals surface area contributed by atoms with Crippen molar-refractivity contribution < 1.29 is 9.53 Å².